The highest BCUT2D eigenvalue weighted by atomic mass is 32.1. The molecule has 2 nitrogen and oxygen atoms in total. The van der Waals surface area contributed by atoms with E-state index in [0.717, 1.165) is 17.8 Å². The summed E-state index contributed by atoms with van der Waals surface area (Å²) in [5.74, 6) is 0.155. The van der Waals surface area contributed by atoms with Crippen LogP contribution in [0.1, 0.15) is 31.0 Å². The van der Waals surface area contributed by atoms with Crippen molar-refractivity contribution in [3.05, 3.63) is 46.5 Å². The van der Waals surface area contributed by atoms with E-state index in [0.29, 0.717) is 10.5 Å². The number of halogens is 3. The molecular weight excluding hydrogens is 273 g/mol. The van der Waals surface area contributed by atoms with Crippen LogP contribution in [0.25, 0.3) is 5.69 Å². The molecule has 0 aliphatic rings. The van der Waals surface area contributed by atoms with Crippen molar-refractivity contribution in [1.29, 1.82) is 0 Å². The van der Waals surface area contributed by atoms with Gasteiger partial charge in [0.15, 0.2) is 4.77 Å². The van der Waals surface area contributed by atoms with E-state index in [9.17, 15) is 13.2 Å². The lowest BCUT2D eigenvalue weighted by molar-refractivity contribution is -0.137. The maximum absolute atomic E-state index is 12.7. The van der Waals surface area contributed by atoms with Crippen molar-refractivity contribution in [2.24, 2.45) is 0 Å². The van der Waals surface area contributed by atoms with Gasteiger partial charge in [-0.05, 0) is 36.3 Å². The molecule has 19 heavy (non-hydrogen) atoms. The number of benzene rings is 1. The van der Waals surface area contributed by atoms with E-state index in [-0.39, 0.29) is 5.92 Å². The lowest BCUT2D eigenvalue weighted by Gasteiger charge is -2.13. The van der Waals surface area contributed by atoms with Crippen LogP contribution in [-0.2, 0) is 6.18 Å². The van der Waals surface area contributed by atoms with Gasteiger partial charge in [0.25, 0.3) is 0 Å². The maximum atomic E-state index is 12.7. The van der Waals surface area contributed by atoms with Crippen LogP contribution in [0.2, 0.25) is 0 Å². The number of rotatable bonds is 2. The van der Waals surface area contributed by atoms with Gasteiger partial charge in [0.05, 0.1) is 5.56 Å². The maximum Gasteiger partial charge on any atom is 0.416 e. The molecule has 2 aromatic rings. The van der Waals surface area contributed by atoms with Crippen molar-refractivity contribution in [2.45, 2.75) is 25.9 Å². The molecule has 0 radical (unpaired) electrons. The Kier molecular flexibility index (Phi) is 3.54. The smallest absolute Gasteiger partial charge is 0.337 e. The Balaban J connectivity index is 2.60. The fourth-order valence-corrected chi connectivity index (χ4v) is 2.16. The number of alkyl halides is 3. The number of aromatic amines is 1. The SMILES string of the molecule is CC(C)c1c[nH]c(=S)n1-c1cccc(C(F)(F)F)c1. The Morgan fingerprint density at radius 1 is 1.26 bits per heavy atom. The number of H-pyrrole nitrogens is 1. The van der Waals surface area contributed by atoms with Crippen molar-refractivity contribution in [3.63, 3.8) is 0 Å². The summed E-state index contributed by atoms with van der Waals surface area (Å²) >= 11 is 5.14. The predicted molar refractivity (Wildman–Crippen MR) is 70.0 cm³/mol. The van der Waals surface area contributed by atoms with Gasteiger partial charge >= 0.3 is 6.18 Å². The number of nitrogens with zero attached hydrogens (tertiary/aromatic N) is 1. The summed E-state index contributed by atoms with van der Waals surface area (Å²) in [7, 11) is 0. The molecule has 2 rings (SSSR count). The summed E-state index contributed by atoms with van der Waals surface area (Å²) in [6, 6.07) is 5.16. The lowest BCUT2D eigenvalue weighted by Crippen LogP contribution is -2.07. The van der Waals surface area contributed by atoms with E-state index >= 15 is 0 Å². The molecule has 0 amide bonds. The molecule has 0 spiro atoms. The van der Waals surface area contributed by atoms with Gasteiger partial charge in [0, 0.05) is 17.6 Å². The number of imidazole rings is 1. The van der Waals surface area contributed by atoms with Crippen LogP contribution in [-0.4, -0.2) is 9.55 Å². The molecule has 6 heteroatoms. The van der Waals surface area contributed by atoms with E-state index in [4.69, 9.17) is 12.2 Å². The Morgan fingerprint density at radius 2 is 1.95 bits per heavy atom. The van der Waals surface area contributed by atoms with E-state index in [1.165, 1.54) is 6.07 Å². The number of hydrogen-bond donors (Lipinski definition) is 1. The first-order valence-corrected chi connectivity index (χ1v) is 6.19. The zero-order chi connectivity index (χ0) is 14.2. The highest BCUT2D eigenvalue weighted by Crippen LogP contribution is 2.31. The van der Waals surface area contributed by atoms with Crippen LogP contribution in [0.4, 0.5) is 13.2 Å². The van der Waals surface area contributed by atoms with Crippen LogP contribution >= 0.6 is 12.2 Å². The van der Waals surface area contributed by atoms with E-state index in [1.807, 2.05) is 13.8 Å². The minimum atomic E-state index is -4.35. The molecule has 1 aromatic heterocycles. The van der Waals surface area contributed by atoms with Gasteiger partial charge < -0.3 is 4.98 Å². The van der Waals surface area contributed by atoms with Crippen molar-refractivity contribution in [3.8, 4) is 5.69 Å². The molecular formula is C13H13F3N2S. The summed E-state index contributed by atoms with van der Waals surface area (Å²) in [6.45, 7) is 3.92. The summed E-state index contributed by atoms with van der Waals surface area (Å²) in [4.78, 5) is 2.87. The first kappa shape index (κ1) is 13.9. The zero-order valence-corrected chi connectivity index (χ0v) is 11.3. The standard InChI is InChI=1S/C13H13F3N2S/c1-8(2)11-7-17-12(19)18(11)10-5-3-4-9(6-10)13(14,15)16/h3-8H,1-2H3,(H,17,19). The van der Waals surface area contributed by atoms with Crippen LogP contribution < -0.4 is 0 Å². The molecule has 0 fully saturated rings. The Labute approximate surface area is 113 Å². The molecule has 0 aliphatic carbocycles. The summed E-state index contributed by atoms with van der Waals surface area (Å²) < 4.78 is 40.2. The third-order valence-corrected chi connectivity index (χ3v) is 3.13. The van der Waals surface area contributed by atoms with Gasteiger partial charge in [-0.3, -0.25) is 4.57 Å². The topological polar surface area (TPSA) is 20.7 Å². The van der Waals surface area contributed by atoms with Gasteiger partial charge in [-0.25, -0.2) is 0 Å². The quantitative estimate of drug-likeness (QED) is 0.795. The van der Waals surface area contributed by atoms with Gasteiger partial charge in [0.2, 0.25) is 0 Å². The number of aromatic nitrogens is 2. The third kappa shape index (κ3) is 2.73. The Bertz CT molecular complexity index is 638. The second kappa shape index (κ2) is 4.85. The van der Waals surface area contributed by atoms with Crippen LogP contribution in [0, 0.1) is 4.77 Å². The average Bonchev–Trinajstić information content (AvgIpc) is 2.70. The van der Waals surface area contributed by atoms with E-state index in [2.05, 4.69) is 4.98 Å². The first-order valence-electron chi connectivity index (χ1n) is 5.78. The second-order valence-corrected chi connectivity index (χ2v) is 4.94. The molecule has 0 saturated carbocycles. The summed E-state index contributed by atoms with van der Waals surface area (Å²) in [5.41, 5.74) is 0.594. The fourth-order valence-electron chi connectivity index (χ4n) is 1.89. The minimum absolute atomic E-state index is 0.155. The monoisotopic (exact) mass is 286 g/mol. The molecule has 0 saturated heterocycles. The zero-order valence-electron chi connectivity index (χ0n) is 10.5. The van der Waals surface area contributed by atoms with Crippen LogP contribution in [0.3, 0.4) is 0 Å². The Hall–Kier alpha value is -1.56. The first-order chi connectivity index (χ1) is 8.80. The van der Waals surface area contributed by atoms with Gasteiger partial charge in [-0.1, -0.05) is 19.9 Å². The molecule has 1 aromatic carbocycles. The van der Waals surface area contributed by atoms with Gasteiger partial charge in [-0.2, -0.15) is 13.2 Å². The van der Waals surface area contributed by atoms with Crippen molar-refractivity contribution in [2.75, 3.05) is 0 Å². The summed E-state index contributed by atoms with van der Waals surface area (Å²) in [6.07, 6.45) is -2.63. The fraction of sp³-hybridized carbons (Fsp3) is 0.308. The van der Waals surface area contributed by atoms with Crippen molar-refractivity contribution in [1.82, 2.24) is 9.55 Å². The largest absolute Gasteiger partial charge is 0.416 e. The van der Waals surface area contributed by atoms with E-state index < -0.39 is 11.7 Å². The van der Waals surface area contributed by atoms with Gasteiger partial charge in [-0.15, -0.1) is 0 Å². The molecule has 102 valence electrons. The highest BCUT2D eigenvalue weighted by Gasteiger charge is 2.30. The molecule has 1 heterocycles. The number of nitrogens with one attached hydrogen (secondary N) is 1. The molecule has 0 atom stereocenters. The summed E-state index contributed by atoms with van der Waals surface area (Å²) in [5, 5.41) is 0. The third-order valence-electron chi connectivity index (χ3n) is 2.83. The van der Waals surface area contributed by atoms with Crippen molar-refractivity contribution < 1.29 is 13.2 Å². The molecule has 0 bridgehead atoms. The minimum Gasteiger partial charge on any atom is -0.337 e. The molecule has 0 aliphatic heterocycles. The molecule has 1 N–H and O–H groups in total. The highest BCUT2D eigenvalue weighted by molar-refractivity contribution is 7.71. The van der Waals surface area contributed by atoms with E-state index in [1.54, 1.807) is 16.8 Å². The van der Waals surface area contributed by atoms with Crippen molar-refractivity contribution >= 4 is 12.2 Å². The van der Waals surface area contributed by atoms with Crippen LogP contribution in [0.5, 0.6) is 0 Å². The van der Waals surface area contributed by atoms with Gasteiger partial charge in [0.1, 0.15) is 0 Å². The second-order valence-electron chi connectivity index (χ2n) is 4.56. The Morgan fingerprint density at radius 3 is 2.53 bits per heavy atom. The normalized spacial score (nSPS) is 12.1. The lowest BCUT2D eigenvalue weighted by atomic mass is 10.1. The van der Waals surface area contributed by atoms with Crippen LogP contribution in [0.15, 0.2) is 30.5 Å². The molecule has 0 unspecified atom stereocenters. The average molecular weight is 286 g/mol. The number of hydrogen-bond acceptors (Lipinski definition) is 1. The predicted octanol–water partition coefficient (Wildman–Crippen LogP) is 4.68.